The first kappa shape index (κ1) is 36.9. The van der Waals surface area contributed by atoms with E-state index in [0.717, 1.165) is 50.8 Å². The molecule has 2 aromatic rings. The molecule has 1 N–H and O–H groups in total. The fourth-order valence-corrected chi connectivity index (χ4v) is 9.75. The van der Waals surface area contributed by atoms with Crippen molar-refractivity contribution < 1.29 is 47.5 Å². The number of nitrogens with zero attached hydrogens (tertiary/aromatic N) is 2. The first-order chi connectivity index (χ1) is 24.3. The van der Waals surface area contributed by atoms with Gasteiger partial charge >= 0.3 is 0 Å². The second-order valence-corrected chi connectivity index (χ2v) is 21.7. The maximum atomic E-state index is 13.5. The lowest BCUT2D eigenvalue weighted by atomic mass is 10.00. The number of halogens is 2. The van der Waals surface area contributed by atoms with Crippen LogP contribution in [0, 0.1) is 0 Å². The zero-order valence-electron chi connectivity index (χ0n) is 29.7. The van der Waals surface area contributed by atoms with E-state index in [1.54, 1.807) is 11.0 Å². The van der Waals surface area contributed by atoms with Crippen molar-refractivity contribution in [1.82, 2.24) is 9.80 Å². The van der Waals surface area contributed by atoms with Crippen molar-refractivity contribution in [3.63, 3.8) is 0 Å². The van der Waals surface area contributed by atoms with Gasteiger partial charge in [-0.05, 0) is 75.0 Å². The lowest BCUT2D eigenvalue weighted by Crippen LogP contribution is -2.58. The van der Waals surface area contributed by atoms with Gasteiger partial charge in [-0.3, -0.25) is 19.4 Å². The third-order valence-corrected chi connectivity index (χ3v) is 16.7. The maximum Gasteiger partial charge on any atom is 0.260 e. The molecule has 0 aliphatic carbocycles. The summed E-state index contributed by atoms with van der Waals surface area (Å²) in [5, 5.41) is 10.2. The lowest BCUT2D eigenvalue weighted by molar-refractivity contribution is -0.0714. The predicted octanol–water partition coefficient (Wildman–Crippen LogP) is 5.68. The standard InChI is InChI=1S/C21H30BrNO5Si.C15H16BrNO5/c1-21(2,3)29(4,5)28-17-11-25-8-7-16(17)23-12-27-18-13-6-9-26-19(13)15(22)10-14(18)20(23)24;16-10-5-9-13(8-1-4-21-14(8)10)22-7-17(15(9)19)11-2-3-20-6-12(11)18/h10,16-17H,6-9,11-12H2,1-5H3;5,11-12,18H,1-4,6-7H2/t16-,17-;11-,12-/m00/s1. The van der Waals surface area contributed by atoms with Crippen LogP contribution in [0.1, 0.15) is 65.5 Å². The van der Waals surface area contributed by atoms with Crippen molar-refractivity contribution in [3.05, 3.63) is 43.3 Å². The average molecular weight is 855 g/mol. The fourth-order valence-electron chi connectivity index (χ4n) is 7.25. The summed E-state index contributed by atoms with van der Waals surface area (Å²) in [6, 6.07) is 3.26. The van der Waals surface area contributed by atoms with Gasteiger partial charge in [-0.15, -0.1) is 0 Å². The van der Waals surface area contributed by atoms with Crippen LogP contribution in [0.4, 0.5) is 0 Å². The zero-order chi connectivity index (χ0) is 36.2. The molecule has 0 unspecified atom stereocenters. The molecule has 2 amide bonds. The molecule has 8 rings (SSSR count). The fraction of sp³-hybridized carbons (Fsp3) is 0.611. The van der Waals surface area contributed by atoms with E-state index in [1.807, 2.05) is 11.0 Å². The molecule has 51 heavy (non-hydrogen) atoms. The molecule has 278 valence electrons. The minimum Gasteiger partial charge on any atom is -0.492 e. The number of amides is 2. The van der Waals surface area contributed by atoms with Crippen LogP contribution in [-0.2, 0) is 26.7 Å². The number of benzene rings is 2. The molecule has 6 aliphatic rings. The van der Waals surface area contributed by atoms with Crippen molar-refractivity contribution in [2.75, 3.05) is 53.1 Å². The third kappa shape index (κ3) is 6.92. The van der Waals surface area contributed by atoms with Crippen LogP contribution in [0.2, 0.25) is 18.1 Å². The number of fused-ring (bicyclic) bond motifs is 6. The molecule has 2 saturated heterocycles. The summed E-state index contributed by atoms with van der Waals surface area (Å²) in [4.78, 5) is 29.8. The number of ether oxygens (including phenoxy) is 6. The molecule has 6 aliphatic heterocycles. The third-order valence-electron chi connectivity index (χ3n) is 11.0. The Balaban J connectivity index is 0.000000165. The van der Waals surface area contributed by atoms with Crippen molar-refractivity contribution >= 4 is 52.0 Å². The first-order valence-electron chi connectivity index (χ1n) is 17.6. The highest BCUT2D eigenvalue weighted by Gasteiger charge is 2.45. The highest BCUT2D eigenvalue weighted by atomic mass is 79.9. The van der Waals surface area contributed by atoms with Crippen molar-refractivity contribution in [1.29, 1.82) is 0 Å². The Hall–Kier alpha value is -2.40. The van der Waals surface area contributed by atoms with Crippen LogP contribution in [0.25, 0.3) is 0 Å². The smallest absolute Gasteiger partial charge is 0.260 e. The van der Waals surface area contributed by atoms with Gasteiger partial charge in [0.15, 0.2) is 21.8 Å². The van der Waals surface area contributed by atoms with Crippen molar-refractivity contribution in [2.45, 2.75) is 88.9 Å². The molecular formula is C36H46Br2N2O10Si. The van der Waals surface area contributed by atoms with E-state index in [0.29, 0.717) is 62.1 Å². The molecule has 0 bridgehead atoms. The summed E-state index contributed by atoms with van der Waals surface area (Å²) >= 11 is 7.01. The summed E-state index contributed by atoms with van der Waals surface area (Å²) in [6.45, 7) is 14.7. The van der Waals surface area contributed by atoms with Crippen LogP contribution in [-0.4, -0.2) is 112 Å². The Morgan fingerprint density at radius 2 is 1.24 bits per heavy atom. The number of hydrogen-bond acceptors (Lipinski definition) is 10. The molecule has 0 saturated carbocycles. The minimum atomic E-state index is -2.00. The number of rotatable bonds is 4. The van der Waals surface area contributed by atoms with E-state index < -0.39 is 14.4 Å². The van der Waals surface area contributed by atoms with E-state index >= 15 is 0 Å². The normalized spacial score (nSPS) is 25.6. The Morgan fingerprint density at radius 3 is 1.75 bits per heavy atom. The topological polar surface area (TPSA) is 125 Å². The summed E-state index contributed by atoms with van der Waals surface area (Å²) in [5.74, 6) is 2.76. The Kier molecular flexibility index (Phi) is 10.5. The Morgan fingerprint density at radius 1 is 0.745 bits per heavy atom. The van der Waals surface area contributed by atoms with Crippen LogP contribution in [0.15, 0.2) is 21.1 Å². The molecule has 15 heteroatoms. The van der Waals surface area contributed by atoms with Crippen molar-refractivity contribution in [2.24, 2.45) is 0 Å². The van der Waals surface area contributed by atoms with E-state index in [-0.39, 0.29) is 55.1 Å². The van der Waals surface area contributed by atoms with Gasteiger partial charge in [0.25, 0.3) is 11.8 Å². The summed E-state index contributed by atoms with van der Waals surface area (Å²) in [6.07, 6.45) is 2.05. The highest BCUT2D eigenvalue weighted by Crippen LogP contribution is 2.46. The quantitative estimate of drug-likeness (QED) is 0.385. The highest BCUT2D eigenvalue weighted by molar-refractivity contribution is 9.11. The molecule has 12 nitrogen and oxygen atoms in total. The number of aliphatic hydroxyl groups is 1. The number of hydrogen-bond donors (Lipinski definition) is 1. The van der Waals surface area contributed by atoms with Crippen LogP contribution in [0.3, 0.4) is 0 Å². The van der Waals surface area contributed by atoms with Crippen LogP contribution < -0.4 is 18.9 Å². The molecule has 0 radical (unpaired) electrons. The largest absolute Gasteiger partial charge is 0.492 e. The first-order valence-corrected chi connectivity index (χ1v) is 22.1. The van der Waals surface area contributed by atoms with Gasteiger partial charge in [0.05, 0.1) is 70.8 Å². The molecule has 4 atom stereocenters. The van der Waals surface area contributed by atoms with Gasteiger partial charge in [-0.2, -0.15) is 0 Å². The Labute approximate surface area is 316 Å². The molecule has 2 aromatic carbocycles. The van der Waals surface area contributed by atoms with Gasteiger partial charge in [-0.25, -0.2) is 0 Å². The number of carbonyl (C=O) groups is 2. The van der Waals surface area contributed by atoms with Gasteiger partial charge in [0.2, 0.25) is 0 Å². The van der Waals surface area contributed by atoms with Crippen LogP contribution >= 0.6 is 31.9 Å². The van der Waals surface area contributed by atoms with Crippen LogP contribution in [0.5, 0.6) is 23.0 Å². The zero-order valence-corrected chi connectivity index (χ0v) is 33.9. The molecule has 6 heterocycles. The average Bonchev–Trinajstić information content (AvgIpc) is 3.79. The molecule has 0 aromatic heterocycles. The Bertz CT molecular complexity index is 1700. The van der Waals surface area contributed by atoms with E-state index in [1.165, 1.54) is 0 Å². The van der Waals surface area contributed by atoms with Gasteiger partial charge in [0, 0.05) is 37.2 Å². The van der Waals surface area contributed by atoms with Gasteiger partial charge in [0.1, 0.15) is 23.0 Å². The predicted molar refractivity (Wildman–Crippen MR) is 197 cm³/mol. The summed E-state index contributed by atoms with van der Waals surface area (Å²) in [5.41, 5.74) is 3.07. The van der Waals surface area contributed by atoms with E-state index in [4.69, 9.17) is 32.8 Å². The summed E-state index contributed by atoms with van der Waals surface area (Å²) < 4.78 is 42.5. The minimum absolute atomic E-state index is 0.00242. The van der Waals surface area contributed by atoms with Crippen molar-refractivity contribution in [3.8, 4) is 23.0 Å². The molecular weight excluding hydrogens is 808 g/mol. The monoisotopic (exact) mass is 852 g/mol. The second kappa shape index (κ2) is 14.4. The molecule has 2 fully saturated rings. The maximum absolute atomic E-state index is 13.5. The number of aliphatic hydroxyl groups excluding tert-OH is 1. The second-order valence-electron chi connectivity index (χ2n) is 15.2. The van der Waals surface area contributed by atoms with E-state index in [2.05, 4.69) is 65.7 Å². The SMILES string of the molecule is CC(C)(C)[Si](C)(C)O[C@H]1COCC[C@@H]1N1COc2c(cc(Br)c3c2CCO3)C1=O.O=C1c2cc(Br)c3c(c2OCN1[C@H]1CCOC[C@@H]1O)CCO3. The summed E-state index contributed by atoms with van der Waals surface area (Å²) in [7, 11) is -2.00. The van der Waals surface area contributed by atoms with E-state index in [9.17, 15) is 14.7 Å². The molecule has 0 spiro atoms. The number of carbonyl (C=O) groups excluding carboxylic acids is 2. The lowest BCUT2D eigenvalue weighted by Gasteiger charge is -2.46. The van der Waals surface area contributed by atoms with Gasteiger partial charge in [-0.1, -0.05) is 20.8 Å². The van der Waals surface area contributed by atoms with Gasteiger partial charge < -0.3 is 38.0 Å².